The normalized spacial score (nSPS) is 27.2. The predicted octanol–water partition coefficient (Wildman–Crippen LogP) is 3.95. The van der Waals surface area contributed by atoms with Crippen molar-refractivity contribution in [2.75, 3.05) is 13.1 Å². The minimum atomic E-state index is 0.577. The first-order chi connectivity index (χ1) is 11.5. The molecule has 136 valence electrons. The topological polar surface area (TPSA) is 33.1 Å². The molecule has 1 aromatic heterocycles. The second-order valence-corrected chi connectivity index (χ2v) is 8.50. The second-order valence-electron chi connectivity index (χ2n) is 8.50. The standard InChI is InChI=1S/C20H36N4/c1-15(2)17-13-21-24(14-17)20-9-11-23(12-10-20)19-7-5-18(6-8-19)22-16(3)4/h13-16,18-20,22H,5-12H2,1-4H3. The van der Waals surface area contributed by atoms with E-state index < -0.39 is 0 Å². The van der Waals surface area contributed by atoms with Gasteiger partial charge < -0.3 is 10.2 Å². The van der Waals surface area contributed by atoms with Gasteiger partial charge in [0.05, 0.1) is 12.2 Å². The van der Waals surface area contributed by atoms with Gasteiger partial charge in [-0.05, 0) is 50.0 Å². The lowest BCUT2D eigenvalue weighted by molar-refractivity contribution is 0.0976. The van der Waals surface area contributed by atoms with Crippen LogP contribution in [0.4, 0.5) is 0 Å². The van der Waals surface area contributed by atoms with Crippen LogP contribution < -0.4 is 5.32 Å². The largest absolute Gasteiger partial charge is 0.312 e. The SMILES string of the molecule is CC(C)NC1CCC(N2CCC(n3cc(C(C)C)cn3)CC2)CC1. The zero-order valence-electron chi connectivity index (χ0n) is 16.0. The van der Waals surface area contributed by atoms with Crippen LogP contribution >= 0.6 is 0 Å². The Morgan fingerprint density at radius 2 is 1.62 bits per heavy atom. The predicted molar refractivity (Wildman–Crippen MR) is 100 cm³/mol. The quantitative estimate of drug-likeness (QED) is 0.886. The molecular weight excluding hydrogens is 296 g/mol. The van der Waals surface area contributed by atoms with Crippen molar-refractivity contribution in [2.45, 2.75) is 96.3 Å². The molecule has 0 spiro atoms. The van der Waals surface area contributed by atoms with Crippen LogP contribution in [0.5, 0.6) is 0 Å². The molecule has 1 aliphatic carbocycles. The maximum atomic E-state index is 4.63. The Balaban J connectivity index is 1.45. The van der Waals surface area contributed by atoms with Gasteiger partial charge in [0, 0.05) is 37.4 Å². The van der Waals surface area contributed by atoms with Crippen molar-refractivity contribution in [1.29, 1.82) is 0 Å². The van der Waals surface area contributed by atoms with Crippen LogP contribution in [0.15, 0.2) is 12.4 Å². The highest BCUT2D eigenvalue weighted by Crippen LogP contribution is 2.29. The Kier molecular flexibility index (Phi) is 5.98. The smallest absolute Gasteiger partial charge is 0.0543 e. The van der Waals surface area contributed by atoms with E-state index >= 15 is 0 Å². The second kappa shape index (κ2) is 8.01. The molecule has 0 bridgehead atoms. The number of nitrogens with one attached hydrogen (secondary N) is 1. The number of piperidine rings is 1. The van der Waals surface area contributed by atoms with Gasteiger partial charge in [-0.1, -0.05) is 27.7 Å². The van der Waals surface area contributed by atoms with Crippen LogP contribution in [-0.4, -0.2) is 45.9 Å². The first kappa shape index (κ1) is 17.9. The van der Waals surface area contributed by atoms with Gasteiger partial charge in [-0.25, -0.2) is 0 Å². The Bertz CT molecular complexity index is 491. The molecule has 0 aromatic carbocycles. The third-order valence-electron chi connectivity index (χ3n) is 5.94. The summed E-state index contributed by atoms with van der Waals surface area (Å²) in [6, 6.07) is 2.79. The third kappa shape index (κ3) is 4.40. The molecule has 1 N–H and O–H groups in total. The summed E-state index contributed by atoms with van der Waals surface area (Å²) in [7, 11) is 0. The maximum absolute atomic E-state index is 4.63. The van der Waals surface area contributed by atoms with E-state index in [2.05, 4.69) is 60.1 Å². The highest BCUT2D eigenvalue weighted by Gasteiger charge is 2.29. The van der Waals surface area contributed by atoms with Gasteiger partial charge in [-0.15, -0.1) is 0 Å². The molecule has 24 heavy (non-hydrogen) atoms. The summed E-state index contributed by atoms with van der Waals surface area (Å²) < 4.78 is 2.23. The fourth-order valence-corrected chi connectivity index (χ4v) is 4.45. The molecule has 1 saturated carbocycles. The fourth-order valence-electron chi connectivity index (χ4n) is 4.45. The molecule has 2 heterocycles. The van der Waals surface area contributed by atoms with Crippen LogP contribution in [0, 0.1) is 0 Å². The zero-order chi connectivity index (χ0) is 17.1. The van der Waals surface area contributed by atoms with Crippen LogP contribution in [0.25, 0.3) is 0 Å². The first-order valence-electron chi connectivity index (χ1n) is 10.1. The molecule has 4 heteroatoms. The summed E-state index contributed by atoms with van der Waals surface area (Å²) in [6.07, 6.45) is 12.3. The van der Waals surface area contributed by atoms with Gasteiger partial charge in [0.1, 0.15) is 0 Å². The van der Waals surface area contributed by atoms with Crippen molar-refractivity contribution in [3.63, 3.8) is 0 Å². The van der Waals surface area contributed by atoms with Crippen molar-refractivity contribution in [3.8, 4) is 0 Å². The molecule has 2 fully saturated rings. The Morgan fingerprint density at radius 3 is 2.17 bits per heavy atom. The van der Waals surface area contributed by atoms with E-state index in [0.717, 1.165) is 12.1 Å². The van der Waals surface area contributed by atoms with E-state index in [0.29, 0.717) is 18.0 Å². The van der Waals surface area contributed by atoms with Gasteiger partial charge >= 0.3 is 0 Å². The van der Waals surface area contributed by atoms with E-state index in [1.165, 1.54) is 57.2 Å². The van der Waals surface area contributed by atoms with Gasteiger partial charge in [0.25, 0.3) is 0 Å². The van der Waals surface area contributed by atoms with Gasteiger partial charge in [-0.2, -0.15) is 5.10 Å². The van der Waals surface area contributed by atoms with Crippen molar-refractivity contribution in [3.05, 3.63) is 18.0 Å². The minimum Gasteiger partial charge on any atom is -0.312 e. The summed E-state index contributed by atoms with van der Waals surface area (Å²) in [4.78, 5) is 2.76. The van der Waals surface area contributed by atoms with Crippen molar-refractivity contribution >= 4 is 0 Å². The van der Waals surface area contributed by atoms with Gasteiger partial charge in [-0.3, -0.25) is 4.68 Å². The van der Waals surface area contributed by atoms with Gasteiger partial charge in [0.2, 0.25) is 0 Å². The third-order valence-corrected chi connectivity index (χ3v) is 5.94. The molecule has 0 unspecified atom stereocenters. The molecule has 0 radical (unpaired) electrons. The van der Waals surface area contributed by atoms with Crippen molar-refractivity contribution in [1.82, 2.24) is 20.0 Å². The minimum absolute atomic E-state index is 0.577. The van der Waals surface area contributed by atoms with Gasteiger partial charge in [0.15, 0.2) is 0 Å². The van der Waals surface area contributed by atoms with E-state index in [1.807, 2.05) is 0 Å². The molecule has 2 aliphatic rings. The Hall–Kier alpha value is -0.870. The fraction of sp³-hybridized carbons (Fsp3) is 0.850. The van der Waals surface area contributed by atoms with E-state index in [9.17, 15) is 0 Å². The van der Waals surface area contributed by atoms with Crippen LogP contribution in [0.2, 0.25) is 0 Å². The molecule has 0 atom stereocenters. The molecule has 0 amide bonds. The zero-order valence-corrected chi connectivity index (χ0v) is 16.0. The number of hydrogen-bond acceptors (Lipinski definition) is 3. The number of likely N-dealkylation sites (tertiary alicyclic amines) is 1. The van der Waals surface area contributed by atoms with Crippen molar-refractivity contribution < 1.29 is 0 Å². The maximum Gasteiger partial charge on any atom is 0.0543 e. The lowest BCUT2D eigenvalue weighted by atomic mass is 9.88. The molecule has 1 aromatic rings. The number of hydrogen-bond donors (Lipinski definition) is 1. The van der Waals surface area contributed by atoms with E-state index in [1.54, 1.807) is 0 Å². The summed E-state index contributed by atoms with van der Waals surface area (Å²) >= 11 is 0. The lowest BCUT2D eigenvalue weighted by Crippen LogP contribution is -2.46. The monoisotopic (exact) mass is 332 g/mol. The molecule has 1 saturated heterocycles. The van der Waals surface area contributed by atoms with E-state index in [-0.39, 0.29) is 0 Å². The highest BCUT2D eigenvalue weighted by atomic mass is 15.3. The first-order valence-corrected chi connectivity index (χ1v) is 10.1. The molecule has 1 aliphatic heterocycles. The summed E-state index contributed by atoms with van der Waals surface area (Å²) in [6.45, 7) is 11.5. The summed E-state index contributed by atoms with van der Waals surface area (Å²) in [5.41, 5.74) is 1.37. The Morgan fingerprint density at radius 1 is 0.958 bits per heavy atom. The number of nitrogens with zero attached hydrogens (tertiary/aromatic N) is 3. The molecular formula is C20H36N4. The highest BCUT2D eigenvalue weighted by molar-refractivity contribution is 5.09. The van der Waals surface area contributed by atoms with Crippen LogP contribution in [0.1, 0.15) is 83.7 Å². The summed E-state index contributed by atoms with van der Waals surface area (Å²) in [5, 5.41) is 8.34. The van der Waals surface area contributed by atoms with E-state index in [4.69, 9.17) is 0 Å². The average molecular weight is 333 g/mol. The molecule has 3 rings (SSSR count). The number of rotatable bonds is 5. The summed E-state index contributed by atoms with van der Waals surface area (Å²) in [5.74, 6) is 0.577. The number of aromatic nitrogens is 2. The molecule has 4 nitrogen and oxygen atoms in total. The lowest BCUT2D eigenvalue weighted by Gasteiger charge is -2.41. The van der Waals surface area contributed by atoms with Crippen molar-refractivity contribution in [2.24, 2.45) is 0 Å². The Labute approximate surface area is 148 Å². The van der Waals surface area contributed by atoms with Crippen LogP contribution in [-0.2, 0) is 0 Å². The van der Waals surface area contributed by atoms with Crippen LogP contribution in [0.3, 0.4) is 0 Å². The average Bonchev–Trinajstić information content (AvgIpc) is 3.05.